The predicted molar refractivity (Wildman–Crippen MR) is 77.0 cm³/mol. The summed E-state index contributed by atoms with van der Waals surface area (Å²) in [7, 11) is 2.10. The third kappa shape index (κ3) is 2.48. The Morgan fingerprint density at radius 2 is 2.11 bits per heavy atom. The van der Waals surface area contributed by atoms with E-state index in [0.29, 0.717) is 6.54 Å². The first-order valence-corrected chi connectivity index (χ1v) is 6.64. The fourth-order valence-corrected chi connectivity index (χ4v) is 2.20. The zero-order valence-electron chi connectivity index (χ0n) is 11.3. The minimum absolute atomic E-state index is 0.634. The van der Waals surface area contributed by atoms with Crippen LogP contribution in [0.5, 0.6) is 0 Å². The number of hydrogen-bond donors (Lipinski definition) is 1. The zero-order chi connectivity index (χ0) is 13.0. The topological polar surface area (TPSA) is 47.1 Å². The predicted octanol–water partition coefficient (Wildman–Crippen LogP) is 2.23. The van der Waals surface area contributed by atoms with Crippen molar-refractivity contribution in [2.45, 2.75) is 26.3 Å². The molecule has 0 aliphatic carbocycles. The molecule has 4 heteroatoms. The second-order valence-corrected chi connectivity index (χ2v) is 4.62. The van der Waals surface area contributed by atoms with Gasteiger partial charge < -0.3 is 15.2 Å². The number of nitrogens with zero attached hydrogens (tertiary/aromatic N) is 3. The van der Waals surface area contributed by atoms with Crippen molar-refractivity contribution in [1.29, 1.82) is 0 Å². The highest BCUT2D eigenvalue weighted by molar-refractivity contribution is 5.78. The minimum atomic E-state index is 0.634. The molecular formula is C14H22N4. The van der Waals surface area contributed by atoms with Crippen molar-refractivity contribution in [3.8, 4) is 0 Å². The molecule has 0 saturated heterocycles. The number of fused-ring (bicyclic) bond motifs is 1. The molecule has 0 aliphatic heterocycles. The van der Waals surface area contributed by atoms with Gasteiger partial charge in [-0.25, -0.2) is 4.98 Å². The molecule has 0 spiro atoms. The zero-order valence-corrected chi connectivity index (χ0v) is 11.3. The van der Waals surface area contributed by atoms with Gasteiger partial charge in [0, 0.05) is 26.7 Å². The van der Waals surface area contributed by atoms with Crippen LogP contribution in [0, 0.1) is 0 Å². The summed E-state index contributed by atoms with van der Waals surface area (Å²) in [5.41, 5.74) is 7.93. The van der Waals surface area contributed by atoms with Crippen molar-refractivity contribution in [1.82, 2.24) is 9.55 Å². The highest BCUT2D eigenvalue weighted by atomic mass is 15.3. The van der Waals surface area contributed by atoms with Crippen molar-refractivity contribution >= 4 is 17.0 Å². The van der Waals surface area contributed by atoms with Crippen molar-refractivity contribution in [2.75, 3.05) is 25.0 Å². The molecule has 0 amide bonds. The molecule has 2 N–H and O–H groups in total. The van der Waals surface area contributed by atoms with Crippen molar-refractivity contribution in [3.63, 3.8) is 0 Å². The van der Waals surface area contributed by atoms with Gasteiger partial charge in [0.1, 0.15) is 0 Å². The van der Waals surface area contributed by atoms with Gasteiger partial charge in [0.15, 0.2) is 0 Å². The maximum Gasteiger partial charge on any atom is 0.206 e. The van der Waals surface area contributed by atoms with E-state index < -0.39 is 0 Å². The summed E-state index contributed by atoms with van der Waals surface area (Å²) in [5, 5.41) is 0. The molecule has 0 saturated carbocycles. The van der Waals surface area contributed by atoms with Crippen LogP contribution >= 0.6 is 0 Å². The van der Waals surface area contributed by atoms with Crippen LogP contribution in [-0.2, 0) is 6.54 Å². The van der Waals surface area contributed by atoms with Crippen LogP contribution in [0.1, 0.15) is 19.8 Å². The van der Waals surface area contributed by atoms with Crippen molar-refractivity contribution < 1.29 is 0 Å². The summed E-state index contributed by atoms with van der Waals surface area (Å²) in [6.45, 7) is 4.68. The Hall–Kier alpha value is -1.55. The van der Waals surface area contributed by atoms with E-state index in [1.165, 1.54) is 18.4 Å². The van der Waals surface area contributed by atoms with E-state index >= 15 is 0 Å². The molecule has 2 rings (SSSR count). The van der Waals surface area contributed by atoms with Gasteiger partial charge in [0.05, 0.1) is 11.0 Å². The molecule has 98 valence electrons. The number of hydrogen-bond acceptors (Lipinski definition) is 3. The summed E-state index contributed by atoms with van der Waals surface area (Å²) in [5.74, 6) is 1.02. The van der Waals surface area contributed by atoms with E-state index in [-0.39, 0.29) is 0 Å². The van der Waals surface area contributed by atoms with Gasteiger partial charge in [-0.3, -0.25) is 0 Å². The van der Waals surface area contributed by atoms with E-state index in [0.717, 1.165) is 24.6 Å². The Morgan fingerprint density at radius 1 is 1.33 bits per heavy atom. The van der Waals surface area contributed by atoms with E-state index in [2.05, 4.69) is 35.6 Å². The van der Waals surface area contributed by atoms with E-state index in [1.54, 1.807) is 0 Å². The van der Waals surface area contributed by atoms with Crippen LogP contribution in [0.25, 0.3) is 11.0 Å². The Morgan fingerprint density at radius 3 is 2.83 bits per heavy atom. The molecule has 4 nitrogen and oxygen atoms in total. The van der Waals surface area contributed by atoms with Gasteiger partial charge >= 0.3 is 0 Å². The lowest BCUT2D eigenvalue weighted by Crippen LogP contribution is -2.24. The summed E-state index contributed by atoms with van der Waals surface area (Å²) in [6.07, 6.45) is 2.38. The smallest absolute Gasteiger partial charge is 0.206 e. The van der Waals surface area contributed by atoms with Crippen molar-refractivity contribution in [2.24, 2.45) is 5.73 Å². The van der Waals surface area contributed by atoms with Crippen molar-refractivity contribution in [3.05, 3.63) is 24.3 Å². The van der Waals surface area contributed by atoms with Gasteiger partial charge in [0.2, 0.25) is 5.95 Å². The third-order valence-electron chi connectivity index (χ3n) is 3.18. The monoisotopic (exact) mass is 246 g/mol. The Labute approximate surface area is 108 Å². The second kappa shape index (κ2) is 5.87. The fourth-order valence-electron chi connectivity index (χ4n) is 2.20. The number of unbranched alkanes of at least 4 members (excludes halogenated alkanes) is 1. The average molecular weight is 246 g/mol. The SMILES string of the molecule is CCCCN(C)c1nc2ccccc2n1CCN. The Bertz CT molecular complexity index is 503. The van der Waals surface area contributed by atoms with Crippen LogP contribution in [-0.4, -0.2) is 29.7 Å². The van der Waals surface area contributed by atoms with Gasteiger partial charge in [0.25, 0.3) is 0 Å². The Balaban J connectivity index is 2.38. The normalized spacial score (nSPS) is 11.1. The van der Waals surface area contributed by atoms with Gasteiger partial charge in [-0.1, -0.05) is 25.5 Å². The molecule has 0 bridgehead atoms. The number of imidazole rings is 1. The summed E-state index contributed by atoms with van der Waals surface area (Å²) in [6, 6.07) is 8.24. The number of nitrogens with two attached hydrogens (primary N) is 1. The lowest BCUT2D eigenvalue weighted by molar-refractivity contribution is 0.685. The lowest BCUT2D eigenvalue weighted by atomic mass is 10.3. The molecule has 1 aromatic heterocycles. The molecule has 0 radical (unpaired) electrons. The molecule has 1 heterocycles. The first-order chi connectivity index (χ1) is 8.77. The van der Waals surface area contributed by atoms with Crippen LogP contribution in [0.3, 0.4) is 0 Å². The van der Waals surface area contributed by atoms with E-state index in [9.17, 15) is 0 Å². The van der Waals surface area contributed by atoms with E-state index in [1.807, 2.05) is 12.1 Å². The first kappa shape index (κ1) is 12.9. The number of anilines is 1. The lowest BCUT2D eigenvalue weighted by Gasteiger charge is -2.19. The first-order valence-electron chi connectivity index (χ1n) is 6.64. The van der Waals surface area contributed by atoms with Gasteiger partial charge in [-0.05, 0) is 18.6 Å². The standard InChI is InChI=1S/C14H22N4/c1-3-4-10-17(2)14-16-12-7-5-6-8-13(12)18(14)11-9-15/h5-8H,3-4,9-11,15H2,1-2H3. The molecular weight excluding hydrogens is 224 g/mol. The number of para-hydroxylation sites is 2. The van der Waals surface area contributed by atoms with Gasteiger partial charge in [-0.2, -0.15) is 0 Å². The van der Waals surface area contributed by atoms with Crippen LogP contribution < -0.4 is 10.6 Å². The maximum absolute atomic E-state index is 5.71. The van der Waals surface area contributed by atoms with E-state index in [4.69, 9.17) is 10.7 Å². The molecule has 0 unspecified atom stereocenters. The molecule has 0 aliphatic rings. The summed E-state index contributed by atoms with van der Waals surface area (Å²) in [4.78, 5) is 6.94. The largest absolute Gasteiger partial charge is 0.345 e. The van der Waals surface area contributed by atoms with Crippen LogP contribution in [0.15, 0.2) is 24.3 Å². The summed E-state index contributed by atoms with van der Waals surface area (Å²) >= 11 is 0. The molecule has 0 fully saturated rings. The number of rotatable bonds is 6. The number of benzene rings is 1. The van der Waals surface area contributed by atoms with Gasteiger partial charge in [-0.15, -0.1) is 0 Å². The quantitative estimate of drug-likeness (QED) is 0.850. The molecule has 0 atom stereocenters. The third-order valence-corrected chi connectivity index (χ3v) is 3.18. The number of aromatic nitrogens is 2. The highest BCUT2D eigenvalue weighted by Crippen LogP contribution is 2.21. The molecule has 1 aromatic carbocycles. The minimum Gasteiger partial charge on any atom is -0.345 e. The van der Waals surface area contributed by atoms with Crippen LogP contribution in [0.4, 0.5) is 5.95 Å². The second-order valence-electron chi connectivity index (χ2n) is 4.62. The summed E-state index contributed by atoms with van der Waals surface area (Å²) < 4.78 is 2.21. The Kier molecular flexibility index (Phi) is 4.20. The average Bonchev–Trinajstić information content (AvgIpc) is 2.76. The highest BCUT2D eigenvalue weighted by Gasteiger charge is 2.12. The van der Waals surface area contributed by atoms with Crippen LogP contribution in [0.2, 0.25) is 0 Å². The fraction of sp³-hybridized carbons (Fsp3) is 0.500. The molecule has 2 aromatic rings. The maximum atomic E-state index is 5.71. The molecule has 18 heavy (non-hydrogen) atoms.